The Morgan fingerprint density at radius 1 is 1.13 bits per heavy atom. The molecule has 0 amide bonds. The minimum absolute atomic E-state index is 0.452. The molecule has 0 saturated carbocycles. The molecule has 0 aliphatic heterocycles. The van der Waals surface area contributed by atoms with E-state index in [2.05, 4.69) is 29.9 Å². The molecule has 0 spiro atoms. The van der Waals surface area contributed by atoms with Crippen LogP contribution in [-0.4, -0.2) is 9.97 Å². The first-order valence-corrected chi connectivity index (χ1v) is 4.82. The normalized spacial score (nSPS) is 10.3. The van der Waals surface area contributed by atoms with Crippen LogP contribution >= 0.6 is 0 Å². The molecule has 3 heteroatoms. The average Bonchev–Trinajstić information content (AvgIpc) is 2.22. The summed E-state index contributed by atoms with van der Waals surface area (Å²) in [6.07, 6.45) is 3.28. The number of nitrogens with zero attached hydrogens (tertiary/aromatic N) is 2. The molecule has 0 atom stereocenters. The first-order chi connectivity index (χ1) is 7.18. The summed E-state index contributed by atoms with van der Waals surface area (Å²) >= 11 is 0. The van der Waals surface area contributed by atoms with Crippen LogP contribution in [0.1, 0.15) is 11.1 Å². The van der Waals surface area contributed by atoms with Crippen molar-refractivity contribution in [1.29, 1.82) is 0 Å². The Labute approximate surface area is 89.0 Å². The number of hydrogen-bond donors (Lipinski definition) is 1. The molecule has 0 unspecified atom stereocenters. The van der Waals surface area contributed by atoms with Gasteiger partial charge in [-0.15, -0.1) is 0 Å². The fraction of sp³-hybridized carbons (Fsp3) is 0.167. The van der Waals surface area contributed by atoms with Gasteiger partial charge in [-0.2, -0.15) is 0 Å². The lowest BCUT2D eigenvalue weighted by molar-refractivity contribution is 1.20. The average molecular weight is 199 g/mol. The van der Waals surface area contributed by atoms with Gasteiger partial charge in [0.2, 0.25) is 0 Å². The van der Waals surface area contributed by atoms with Crippen molar-refractivity contribution < 1.29 is 0 Å². The zero-order chi connectivity index (χ0) is 10.8. The highest BCUT2D eigenvalue weighted by molar-refractivity contribution is 5.65. The highest BCUT2D eigenvalue weighted by atomic mass is 14.9. The highest BCUT2D eigenvalue weighted by Crippen LogP contribution is 2.23. The smallest absolute Gasteiger partial charge is 0.142 e. The molecule has 0 saturated heterocycles. The third kappa shape index (κ3) is 1.81. The third-order valence-corrected chi connectivity index (χ3v) is 2.53. The van der Waals surface area contributed by atoms with Crippen molar-refractivity contribution in [2.45, 2.75) is 13.8 Å². The predicted molar refractivity (Wildman–Crippen MR) is 61.4 cm³/mol. The molecule has 0 bridgehead atoms. The van der Waals surface area contributed by atoms with E-state index in [1.807, 2.05) is 12.1 Å². The van der Waals surface area contributed by atoms with Crippen molar-refractivity contribution in [3.8, 4) is 11.3 Å². The van der Waals surface area contributed by atoms with Crippen LogP contribution in [0.15, 0.2) is 30.6 Å². The number of hydrogen-bond acceptors (Lipinski definition) is 3. The van der Waals surface area contributed by atoms with Gasteiger partial charge in [-0.25, -0.2) is 4.98 Å². The molecule has 2 rings (SSSR count). The first kappa shape index (κ1) is 9.65. The van der Waals surface area contributed by atoms with Crippen molar-refractivity contribution in [3.05, 3.63) is 41.7 Å². The van der Waals surface area contributed by atoms with E-state index in [4.69, 9.17) is 5.73 Å². The summed E-state index contributed by atoms with van der Waals surface area (Å²) in [5.74, 6) is 0.452. The molecule has 0 aliphatic carbocycles. The standard InChI is InChI=1S/C12H13N3/c1-8-4-3-5-10(9(8)2)11-6-14-7-12(13)15-11/h3-7H,1-2H3,(H2,13,15). The van der Waals surface area contributed by atoms with Crippen molar-refractivity contribution >= 4 is 5.82 Å². The molecule has 2 aromatic rings. The lowest BCUT2D eigenvalue weighted by Gasteiger charge is -2.07. The van der Waals surface area contributed by atoms with Gasteiger partial charge in [0.1, 0.15) is 5.82 Å². The summed E-state index contributed by atoms with van der Waals surface area (Å²) in [6, 6.07) is 6.13. The van der Waals surface area contributed by atoms with E-state index in [0.29, 0.717) is 5.82 Å². The van der Waals surface area contributed by atoms with E-state index in [-0.39, 0.29) is 0 Å². The Kier molecular flexibility index (Phi) is 2.37. The Hall–Kier alpha value is -1.90. The summed E-state index contributed by atoms with van der Waals surface area (Å²) in [5, 5.41) is 0. The third-order valence-electron chi connectivity index (χ3n) is 2.53. The lowest BCUT2D eigenvalue weighted by atomic mass is 10.0. The minimum atomic E-state index is 0.452. The molecule has 0 fully saturated rings. The Morgan fingerprint density at radius 2 is 1.93 bits per heavy atom. The van der Waals surface area contributed by atoms with Crippen LogP contribution in [0.25, 0.3) is 11.3 Å². The summed E-state index contributed by atoms with van der Waals surface area (Å²) in [7, 11) is 0. The maximum Gasteiger partial charge on any atom is 0.142 e. The topological polar surface area (TPSA) is 51.8 Å². The second-order valence-corrected chi connectivity index (χ2v) is 3.58. The largest absolute Gasteiger partial charge is 0.382 e. The fourth-order valence-electron chi connectivity index (χ4n) is 1.54. The lowest BCUT2D eigenvalue weighted by Crippen LogP contribution is -1.95. The molecule has 1 aromatic heterocycles. The van der Waals surface area contributed by atoms with Gasteiger partial charge < -0.3 is 5.73 Å². The van der Waals surface area contributed by atoms with Gasteiger partial charge in [0.05, 0.1) is 18.1 Å². The van der Waals surface area contributed by atoms with Crippen LogP contribution in [0.3, 0.4) is 0 Å². The van der Waals surface area contributed by atoms with Gasteiger partial charge in [-0.05, 0) is 25.0 Å². The predicted octanol–water partition coefficient (Wildman–Crippen LogP) is 2.34. The van der Waals surface area contributed by atoms with Gasteiger partial charge in [-0.1, -0.05) is 18.2 Å². The number of nitrogens with two attached hydrogens (primary N) is 1. The van der Waals surface area contributed by atoms with Gasteiger partial charge in [0, 0.05) is 5.56 Å². The van der Waals surface area contributed by atoms with Crippen LogP contribution in [-0.2, 0) is 0 Å². The minimum Gasteiger partial charge on any atom is -0.382 e. The van der Waals surface area contributed by atoms with E-state index in [0.717, 1.165) is 11.3 Å². The second kappa shape index (κ2) is 3.69. The molecular weight excluding hydrogens is 186 g/mol. The van der Waals surface area contributed by atoms with E-state index in [9.17, 15) is 0 Å². The number of nitrogen functional groups attached to an aromatic ring is 1. The van der Waals surface area contributed by atoms with Gasteiger partial charge in [-0.3, -0.25) is 4.98 Å². The number of aryl methyl sites for hydroxylation is 1. The highest BCUT2D eigenvalue weighted by Gasteiger charge is 2.05. The maximum atomic E-state index is 5.61. The van der Waals surface area contributed by atoms with Crippen molar-refractivity contribution in [2.24, 2.45) is 0 Å². The number of rotatable bonds is 1. The van der Waals surface area contributed by atoms with Crippen molar-refractivity contribution in [3.63, 3.8) is 0 Å². The van der Waals surface area contributed by atoms with Gasteiger partial charge >= 0.3 is 0 Å². The molecule has 1 heterocycles. The van der Waals surface area contributed by atoms with Crippen molar-refractivity contribution in [2.75, 3.05) is 5.73 Å². The number of anilines is 1. The van der Waals surface area contributed by atoms with Crippen LogP contribution in [0.5, 0.6) is 0 Å². The van der Waals surface area contributed by atoms with Crippen molar-refractivity contribution in [1.82, 2.24) is 9.97 Å². The summed E-state index contributed by atoms with van der Waals surface area (Å²) in [6.45, 7) is 4.16. The van der Waals surface area contributed by atoms with Crippen LogP contribution in [0.4, 0.5) is 5.82 Å². The summed E-state index contributed by atoms with van der Waals surface area (Å²) in [4.78, 5) is 8.30. The molecule has 15 heavy (non-hydrogen) atoms. The molecule has 2 N–H and O–H groups in total. The fourth-order valence-corrected chi connectivity index (χ4v) is 1.54. The monoisotopic (exact) mass is 199 g/mol. The summed E-state index contributed by atoms with van der Waals surface area (Å²) < 4.78 is 0. The SMILES string of the molecule is Cc1cccc(-c2cncc(N)n2)c1C. The van der Waals surface area contributed by atoms with E-state index in [1.165, 1.54) is 11.1 Å². The Balaban J connectivity index is 2.59. The molecule has 3 nitrogen and oxygen atoms in total. The molecule has 76 valence electrons. The zero-order valence-electron chi connectivity index (χ0n) is 8.86. The van der Waals surface area contributed by atoms with E-state index >= 15 is 0 Å². The van der Waals surface area contributed by atoms with Crippen LogP contribution in [0.2, 0.25) is 0 Å². The van der Waals surface area contributed by atoms with Gasteiger partial charge in [0.15, 0.2) is 0 Å². The molecular formula is C12H13N3. The Morgan fingerprint density at radius 3 is 2.67 bits per heavy atom. The first-order valence-electron chi connectivity index (χ1n) is 4.82. The maximum absolute atomic E-state index is 5.61. The number of aromatic nitrogens is 2. The molecule has 0 radical (unpaired) electrons. The summed E-state index contributed by atoms with van der Waals surface area (Å²) in [5.41, 5.74) is 10.00. The second-order valence-electron chi connectivity index (χ2n) is 3.58. The number of benzene rings is 1. The molecule has 1 aromatic carbocycles. The van der Waals surface area contributed by atoms with Crippen LogP contribution < -0.4 is 5.73 Å². The van der Waals surface area contributed by atoms with Gasteiger partial charge in [0.25, 0.3) is 0 Å². The van der Waals surface area contributed by atoms with E-state index < -0.39 is 0 Å². The van der Waals surface area contributed by atoms with E-state index in [1.54, 1.807) is 12.4 Å². The van der Waals surface area contributed by atoms with Crippen LogP contribution in [0, 0.1) is 13.8 Å². The Bertz CT molecular complexity index is 492. The zero-order valence-corrected chi connectivity index (χ0v) is 8.86. The quantitative estimate of drug-likeness (QED) is 0.767. The molecule has 0 aliphatic rings.